The van der Waals surface area contributed by atoms with Gasteiger partial charge in [-0.25, -0.2) is 0 Å². The summed E-state index contributed by atoms with van der Waals surface area (Å²) in [6.45, 7) is 4.40. The first-order valence-corrected chi connectivity index (χ1v) is 7.40. The van der Waals surface area contributed by atoms with Gasteiger partial charge in [0.05, 0.1) is 5.41 Å². The molecule has 1 rings (SSSR count). The van der Waals surface area contributed by atoms with Gasteiger partial charge in [0, 0.05) is 17.8 Å². The van der Waals surface area contributed by atoms with Gasteiger partial charge in [0.1, 0.15) is 0 Å². The molecular weight excluding hydrogens is 266 g/mol. The van der Waals surface area contributed by atoms with Crippen molar-refractivity contribution >= 4 is 17.5 Å². The number of hydrogen-bond donors (Lipinski definition) is 3. The van der Waals surface area contributed by atoms with Crippen LogP contribution in [0.15, 0.2) is 24.3 Å². The molecule has 5 N–H and O–H groups in total. The molecule has 0 radical (unpaired) electrons. The van der Waals surface area contributed by atoms with Gasteiger partial charge >= 0.3 is 0 Å². The van der Waals surface area contributed by atoms with Gasteiger partial charge in [-0.15, -0.1) is 0 Å². The number of amides is 2. The first kappa shape index (κ1) is 17.2. The first-order valence-electron chi connectivity index (χ1n) is 7.40. The quantitative estimate of drug-likeness (QED) is 0.685. The molecule has 0 unspecified atom stereocenters. The standard InChI is InChI=1S/C16H25N3O2/c1-3-8-16(11-17,9-4-2)15(21)19-13-7-5-6-12(10-13)14(18)20/h5-7,10H,3-4,8-9,11,17H2,1-2H3,(H2,18,20)(H,19,21). The molecule has 5 heteroatoms. The SMILES string of the molecule is CCCC(CN)(CCC)C(=O)Nc1cccc(C(N)=O)c1. The van der Waals surface area contributed by atoms with Gasteiger partial charge in [-0.3, -0.25) is 9.59 Å². The second-order valence-corrected chi connectivity index (χ2v) is 5.38. The van der Waals surface area contributed by atoms with Crippen LogP contribution in [-0.4, -0.2) is 18.4 Å². The van der Waals surface area contributed by atoms with Crippen LogP contribution < -0.4 is 16.8 Å². The lowest BCUT2D eigenvalue weighted by molar-refractivity contribution is -0.126. The third-order valence-electron chi connectivity index (χ3n) is 3.73. The van der Waals surface area contributed by atoms with Crippen LogP contribution in [0.4, 0.5) is 5.69 Å². The number of carbonyl (C=O) groups is 2. The normalized spacial score (nSPS) is 11.2. The fourth-order valence-electron chi connectivity index (χ4n) is 2.62. The highest BCUT2D eigenvalue weighted by Gasteiger charge is 2.35. The molecule has 0 saturated heterocycles. The van der Waals surface area contributed by atoms with Gasteiger partial charge in [0.25, 0.3) is 0 Å². The maximum atomic E-state index is 12.6. The van der Waals surface area contributed by atoms with Crippen molar-refractivity contribution in [2.45, 2.75) is 39.5 Å². The number of hydrogen-bond acceptors (Lipinski definition) is 3. The van der Waals surface area contributed by atoms with Crippen LogP contribution in [0.2, 0.25) is 0 Å². The summed E-state index contributed by atoms with van der Waals surface area (Å²) < 4.78 is 0. The van der Waals surface area contributed by atoms with E-state index in [2.05, 4.69) is 5.32 Å². The Morgan fingerprint density at radius 1 is 1.19 bits per heavy atom. The summed E-state index contributed by atoms with van der Waals surface area (Å²) in [4.78, 5) is 23.8. The second kappa shape index (κ2) is 7.78. The summed E-state index contributed by atoms with van der Waals surface area (Å²) >= 11 is 0. The van der Waals surface area contributed by atoms with Crippen LogP contribution in [-0.2, 0) is 4.79 Å². The minimum atomic E-state index is -0.549. The zero-order valence-corrected chi connectivity index (χ0v) is 12.8. The highest BCUT2D eigenvalue weighted by atomic mass is 16.2. The minimum Gasteiger partial charge on any atom is -0.366 e. The lowest BCUT2D eigenvalue weighted by Crippen LogP contribution is -2.42. The second-order valence-electron chi connectivity index (χ2n) is 5.38. The van der Waals surface area contributed by atoms with Crippen molar-refractivity contribution in [3.63, 3.8) is 0 Å². The smallest absolute Gasteiger partial charge is 0.248 e. The predicted octanol–water partition coefficient (Wildman–Crippen LogP) is 2.27. The van der Waals surface area contributed by atoms with Gasteiger partial charge in [0.15, 0.2) is 0 Å². The highest BCUT2D eigenvalue weighted by Crippen LogP contribution is 2.30. The number of rotatable bonds is 8. The van der Waals surface area contributed by atoms with Crippen molar-refractivity contribution in [1.29, 1.82) is 0 Å². The van der Waals surface area contributed by atoms with E-state index in [4.69, 9.17) is 11.5 Å². The van der Waals surface area contributed by atoms with Crippen molar-refractivity contribution in [2.75, 3.05) is 11.9 Å². The molecule has 0 fully saturated rings. The molecule has 21 heavy (non-hydrogen) atoms. The molecule has 1 aromatic rings. The average molecular weight is 291 g/mol. The van der Waals surface area contributed by atoms with Gasteiger partial charge in [-0.2, -0.15) is 0 Å². The Morgan fingerprint density at radius 3 is 2.29 bits per heavy atom. The molecule has 0 aromatic heterocycles. The Kier molecular flexibility index (Phi) is 6.37. The Morgan fingerprint density at radius 2 is 1.81 bits per heavy atom. The van der Waals surface area contributed by atoms with E-state index in [1.165, 1.54) is 0 Å². The monoisotopic (exact) mass is 291 g/mol. The molecule has 0 aliphatic carbocycles. The molecule has 2 amide bonds. The number of benzene rings is 1. The van der Waals surface area contributed by atoms with E-state index >= 15 is 0 Å². The Hall–Kier alpha value is -1.88. The molecule has 0 atom stereocenters. The molecule has 116 valence electrons. The van der Waals surface area contributed by atoms with E-state index in [0.29, 0.717) is 17.8 Å². The van der Waals surface area contributed by atoms with Gasteiger partial charge in [0.2, 0.25) is 11.8 Å². The Balaban J connectivity index is 2.95. The summed E-state index contributed by atoms with van der Waals surface area (Å²) in [6, 6.07) is 6.63. The van der Waals surface area contributed by atoms with Crippen LogP contribution in [0.25, 0.3) is 0 Å². The lowest BCUT2D eigenvalue weighted by atomic mass is 9.78. The maximum Gasteiger partial charge on any atom is 0.248 e. The van der Waals surface area contributed by atoms with Crippen LogP contribution >= 0.6 is 0 Å². The van der Waals surface area contributed by atoms with Crippen molar-refractivity contribution in [1.82, 2.24) is 0 Å². The van der Waals surface area contributed by atoms with Gasteiger partial charge in [-0.05, 0) is 31.0 Å². The Bertz CT molecular complexity index is 494. The predicted molar refractivity (Wildman–Crippen MR) is 84.9 cm³/mol. The largest absolute Gasteiger partial charge is 0.366 e. The van der Waals surface area contributed by atoms with E-state index in [1.807, 2.05) is 13.8 Å². The summed E-state index contributed by atoms with van der Waals surface area (Å²) in [5, 5.41) is 2.87. The first-order chi connectivity index (χ1) is 9.99. The molecule has 1 aromatic carbocycles. The molecule has 0 aliphatic heterocycles. The van der Waals surface area contributed by atoms with Crippen molar-refractivity contribution in [3.05, 3.63) is 29.8 Å². The van der Waals surface area contributed by atoms with E-state index < -0.39 is 11.3 Å². The van der Waals surface area contributed by atoms with E-state index in [9.17, 15) is 9.59 Å². The van der Waals surface area contributed by atoms with Crippen molar-refractivity contribution < 1.29 is 9.59 Å². The summed E-state index contributed by atoms with van der Waals surface area (Å²) in [5.41, 5.74) is 11.5. The van der Waals surface area contributed by atoms with E-state index in [1.54, 1.807) is 24.3 Å². The molecule has 0 aliphatic rings. The van der Waals surface area contributed by atoms with Crippen LogP contribution in [0.3, 0.4) is 0 Å². The molecule has 0 saturated carbocycles. The number of primary amides is 1. The fraction of sp³-hybridized carbons (Fsp3) is 0.500. The van der Waals surface area contributed by atoms with Crippen LogP contribution in [0, 0.1) is 5.41 Å². The van der Waals surface area contributed by atoms with E-state index in [0.717, 1.165) is 25.7 Å². The fourth-order valence-corrected chi connectivity index (χ4v) is 2.62. The minimum absolute atomic E-state index is 0.0877. The van der Waals surface area contributed by atoms with Crippen molar-refractivity contribution in [3.8, 4) is 0 Å². The third kappa shape index (κ3) is 4.29. The molecule has 0 heterocycles. The van der Waals surface area contributed by atoms with E-state index in [-0.39, 0.29) is 5.91 Å². The number of carbonyl (C=O) groups excluding carboxylic acids is 2. The van der Waals surface area contributed by atoms with Crippen molar-refractivity contribution in [2.24, 2.45) is 16.9 Å². The number of nitrogens with two attached hydrogens (primary N) is 2. The van der Waals surface area contributed by atoms with Gasteiger partial charge in [-0.1, -0.05) is 32.8 Å². The van der Waals surface area contributed by atoms with Crippen LogP contribution in [0.1, 0.15) is 49.9 Å². The van der Waals surface area contributed by atoms with Crippen LogP contribution in [0.5, 0.6) is 0 Å². The molecule has 0 spiro atoms. The third-order valence-corrected chi connectivity index (χ3v) is 3.73. The highest BCUT2D eigenvalue weighted by molar-refractivity contribution is 5.98. The maximum absolute atomic E-state index is 12.6. The lowest BCUT2D eigenvalue weighted by Gasteiger charge is -2.30. The summed E-state index contributed by atoms with van der Waals surface area (Å²) in [6.07, 6.45) is 3.29. The number of anilines is 1. The molecule has 0 bridgehead atoms. The molecular formula is C16H25N3O2. The topological polar surface area (TPSA) is 98.2 Å². The summed E-state index contributed by atoms with van der Waals surface area (Å²) in [5.74, 6) is -0.603. The number of nitrogens with one attached hydrogen (secondary N) is 1. The summed E-state index contributed by atoms with van der Waals surface area (Å²) in [7, 11) is 0. The van der Waals surface area contributed by atoms with Gasteiger partial charge < -0.3 is 16.8 Å². The Labute approximate surface area is 126 Å². The average Bonchev–Trinajstić information content (AvgIpc) is 2.47. The zero-order valence-electron chi connectivity index (χ0n) is 12.8. The zero-order chi connectivity index (χ0) is 15.9. The molecule has 5 nitrogen and oxygen atoms in total.